The molecule has 144 valence electrons. The predicted molar refractivity (Wildman–Crippen MR) is 107 cm³/mol. The summed E-state index contributed by atoms with van der Waals surface area (Å²) >= 11 is 1.67. The number of aliphatic hydroxyl groups is 1. The van der Waals surface area contributed by atoms with E-state index in [4.69, 9.17) is 5.73 Å². The van der Waals surface area contributed by atoms with Gasteiger partial charge in [-0.05, 0) is 43.7 Å². The van der Waals surface area contributed by atoms with Gasteiger partial charge in [-0.3, -0.25) is 9.69 Å². The van der Waals surface area contributed by atoms with Crippen LogP contribution in [0.5, 0.6) is 0 Å². The van der Waals surface area contributed by atoms with Gasteiger partial charge in [-0.2, -0.15) is 0 Å². The highest BCUT2D eigenvalue weighted by Gasteiger charge is 2.39. The Morgan fingerprint density at radius 2 is 1.96 bits per heavy atom. The third kappa shape index (κ3) is 5.10. The molecule has 3 N–H and O–H groups in total. The maximum absolute atomic E-state index is 12.2. The van der Waals surface area contributed by atoms with Crippen LogP contribution >= 0.6 is 11.8 Å². The molecule has 1 aliphatic heterocycles. The number of ketones is 1. The molecule has 1 saturated carbocycles. The van der Waals surface area contributed by atoms with E-state index < -0.39 is 6.10 Å². The van der Waals surface area contributed by atoms with E-state index in [1.54, 1.807) is 18.7 Å². The molecule has 0 bridgehead atoms. The Hall–Kier alpha value is -0.880. The normalized spacial score (nSPS) is 29.0. The zero-order valence-electron chi connectivity index (χ0n) is 15.7. The largest absolute Gasteiger partial charge is 0.390 e. The maximum Gasteiger partial charge on any atom is 0.146 e. The second-order valence-corrected chi connectivity index (χ2v) is 9.07. The van der Waals surface area contributed by atoms with Crippen molar-refractivity contribution in [3.63, 3.8) is 0 Å². The topological polar surface area (TPSA) is 66.6 Å². The Morgan fingerprint density at radius 3 is 2.65 bits per heavy atom. The lowest BCUT2D eigenvalue weighted by Crippen LogP contribution is -2.55. The first-order chi connectivity index (χ1) is 12.5. The first-order valence-corrected chi connectivity index (χ1v) is 10.9. The van der Waals surface area contributed by atoms with E-state index in [1.807, 2.05) is 18.2 Å². The molecule has 5 atom stereocenters. The van der Waals surface area contributed by atoms with Crippen molar-refractivity contribution in [2.45, 2.75) is 62.1 Å². The first kappa shape index (κ1) is 19.9. The van der Waals surface area contributed by atoms with Crippen LogP contribution in [-0.4, -0.2) is 52.8 Å². The third-order valence-electron chi connectivity index (χ3n) is 6.07. The minimum atomic E-state index is -0.604. The molecule has 3 rings (SSSR count). The summed E-state index contributed by atoms with van der Waals surface area (Å²) in [6.45, 7) is 3.13. The lowest BCUT2D eigenvalue weighted by molar-refractivity contribution is -0.126. The molecule has 5 unspecified atom stereocenters. The molecular weight excluding hydrogens is 344 g/mol. The number of rotatable bonds is 7. The average molecular weight is 377 g/mol. The zero-order chi connectivity index (χ0) is 18.5. The fourth-order valence-corrected chi connectivity index (χ4v) is 5.48. The van der Waals surface area contributed by atoms with Crippen LogP contribution < -0.4 is 5.73 Å². The summed E-state index contributed by atoms with van der Waals surface area (Å²) in [7, 11) is 0. The standard InChI is InChI=1S/C21H32N2O2S/c1-15(24)20-11-16-7-5-6-8-17(16)12-23(20)13-21(25)19(22)14-26-18-9-3-2-4-10-18/h2-4,9-10,16-17,19-21,25H,5-8,11-14,22H2,1H3. The van der Waals surface area contributed by atoms with Gasteiger partial charge in [-0.15, -0.1) is 11.8 Å². The Kier molecular flexibility index (Phi) is 7.15. The van der Waals surface area contributed by atoms with Crippen molar-refractivity contribution in [3.8, 4) is 0 Å². The number of piperidine rings is 1. The first-order valence-electron chi connectivity index (χ1n) is 9.90. The van der Waals surface area contributed by atoms with Gasteiger partial charge in [-0.1, -0.05) is 37.5 Å². The molecule has 0 radical (unpaired) electrons. The van der Waals surface area contributed by atoms with E-state index in [0.717, 1.165) is 13.0 Å². The van der Waals surface area contributed by atoms with E-state index in [1.165, 1.54) is 30.6 Å². The van der Waals surface area contributed by atoms with Crippen LogP contribution in [0.15, 0.2) is 35.2 Å². The monoisotopic (exact) mass is 376 g/mol. The number of likely N-dealkylation sites (tertiary alicyclic amines) is 1. The Balaban J connectivity index is 1.55. The highest BCUT2D eigenvalue weighted by molar-refractivity contribution is 7.99. The number of hydrogen-bond acceptors (Lipinski definition) is 5. The van der Waals surface area contributed by atoms with Gasteiger partial charge in [0.1, 0.15) is 5.78 Å². The summed E-state index contributed by atoms with van der Waals surface area (Å²) < 4.78 is 0. The molecule has 1 aromatic rings. The van der Waals surface area contributed by atoms with E-state index in [2.05, 4.69) is 17.0 Å². The van der Waals surface area contributed by atoms with Gasteiger partial charge in [-0.25, -0.2) is 0 Å². The van der Waals surface area contributed by atoms with Crippen LogP contribution in [0, 0.1) is 11.8 Å². The van der Waals surface area contributed by atoms with E-state index in [0.29, 0.717) is 24.1 Å². The number of carbonyl (C=O) groups is 1. The summed E-state index contributed by atoms with van der Waals surface area (Å²) in [5.74, 6) is 2.28. The number of carbonyl (C=O) groups excluding carboxylic acids is 1. The van der Waals surface area contributed by atoms with E-state index in [-0.39, 0.29) is 17.9 Å². The minimum absolute atomic E-state index is 0.0435. The summed E-state index contributed by atoms with van der Waals surface area (Å²) in [5.41, 5.74) is 6.25. The summed E-state index contributed by atoms with van der Waals surface area (Å²) in [5, 5.41) is 10.7. The van der Waals surface area contributed by atoms with Gasteiger partial charge in [0.05, 0.1) is 12.1 Å². The van der Waals surface area contributed by atoms with Gasteiger partial charge >= 0.3 is 0 Å². The molecule has 2 aliphatic rings. The molecule has 1 aromatic carbocycles. The van der Waals surface area contributed by atoms with Crippen molar-refractivity contribution in [1.82, 2.24) is 4.90 Å². The molecule has 1 aliphatic carbocycles. The van der Waals surface area contributed by atoms with Crippen LogP contribution in [-0.2, 0) is 4.79 Å². The van der Waals surface area contributed by atoms with Gasteiger partial charge in [0, 0.05) is 29.8 Å². The van der Waals surface area contributed by atoms with Gasteiger partial charge in [0.15, 0.2) is 0 Å². The van der Waals surface area contributed by atoms with Crippen molar-refractivity contribution in [3.05, 3.63) is 30.3 Å². The molecule has 0 spiro atoms. The van der Waals surface area contributed by atoms with Crippen molar-refractivity contribution in [1.29, 1.82) is 0 Å². The molecule has 4 nitrogen and oxygen atoms in total. The lowest BCUT2D eigenvalue weighted by atomic mass is 9.72. The van der Waals surface area contributed by atoms with E-state index in [9.17, 15) is 9.90 Å². The van der Waals surface area contributed by atoms with Crippen molar-refractivity contribution in [2.24, 2.45) is 17.6 Å². The molecule has 26 heavy (non-hydrogen) atoms. The highest BCUT2D eigenvalue weighted by atomic mass is 32.2. The molecule has 1 saturated heterocycles. The quantitative estimate of drug-likeness (QED) is 0.716. The second kappa shape index (κ2) is 9.36. The highest BCUT2D eigenvalue weighted by Crippen LogP contribution is 2.38. The predicted octanol–water partition coefficient (Wildman–Crippen LogP) is 2.94. The smallest absolute Gasteiger partial charge is 0.146 e. The fourth-order valence-electron chi connectivity index (χ4n) is 4.52. The number of β-amino-alcohol motifs (C(OH)–C–C–N with tert-alkyl or cyclic N) is 1. The Bertz CT molecular complexity index is 583. The zero-order valence-corrected chi connectivity index (χ0v) is 16.5. The molecule has 5 heteroatoms. The number of hydrogen-bond donors (Lipinski definition) is 2. The number of thioether (sulfide) groups is 1. The van der Waals surface area contributed by atoms with Crippen LogP contribution in [0.3, 0.4) is 0 Å². The summed E-state index contributed by atoms with van der Waals surface area (Å²) in [6, 6.07) is 9.80. The van der Waals surface area contributed by atoms with Crippen molar-refractivity contribution in [2.75, 3.05) is 18.8 Å². The average Bonchev–Trinajstić information content (AvgIpc) is 2.66. The van der Waals surface area contributed by atoms with Crippen LogP contribution in [0.4, 0.5) is 0 Å². The second-order valence-electron chi connectivity index (χ2n) is 7.98. The van der Waals surface area contributed by atoms with Crippen LogP contribution in [0.1, 0.15) is 39.0 Å². The van der Waals surface area contributed by atoms with Crippen LogP contribution in [0.2, 0.25) is 0 Å². The van der Waals surface area contributed by atoms with Gasteiger partial charge in [0.2, 0.25) is 0 Å². The number of nitrogens with zero attached hydrogens (tertiary/aromatic N) is 1. The van der Waals surface area contributed by atoms with Crippen molar-refractivity contribution >= 4 is 17.5 Å². The van der Waals surface area contributed by atoms with Gasteiger partial charge < -0.3 is 10.8 Å². The Labute approximate surface area is 161 Å². The molecule has 1 heterocycles. The Morgan fingerprint density at radius 1 is 1.27 bits per heavy atom. The number of Topliss-reactive ketones (excluding diaryl/α,β-unsaturated/α-hetero) is 1. The number of benzene rings is 1. The van der Waals surface area contributed by atoms with Gasteiger partial charge in [0.25, 0.3) is 0 Å². The molecular formula is C21H32N2O2S. The fraction of sp³-hybridized carbons (Fsp3) is 0.667. The number of fused-ring (bicyclic) bond motifs is 1. The molecule has 0 amide bonds. The van der Waals surface area contributed by atoms with Crippen LogP contribution in [0.25, 0.3) is 0 Å². The number of aliphatic hydroxyl groups excluding tert-OH is 1. The van der Waals surface area contributed by atoms with Crippen molar-refractivity contribution < 1.29 is 9.90 Å². The number of nitrogens with two attached hydrogens (primary N) is 1. The lowest BCUT2D eigenvalue weighted by Gasteiger charge is -2.46. The minimum Gasteiger partial charge on any atom is -0.390 e. The molecule has 2 fully saturated rings. The SMILES string of the molecule is CC(=O)C1CC2CCCCC2CN1CC(O)C(N)CSc1ccccc1. The summed E-state index contributed by atoms with van der Waals surface area (Å²) in [6.07, 6.45) is 5.48. The van der Waals surface area contributed by atoms with E-state index >= 15 is 0 Å². The third-order valence-corrected chi connectivity index (χ3v) is 7.23. The maximum atomic E-state index is 12.2. The molecule has 0 aromatic heterocycles. The summed E-state index contributed by atoms with van der Waals surface area (Å²) in [4.78, 5) is 15.6.